The standard InChI is InChI=1S/C22H36OSi.C4H9.Li/c1-22(2,3)24(4,5)23-20-16-11-9-7-6-8-10-13-17-21-18-14-12-15-19-21;1-3-4-2;/h12,14-15,18-19H,6-11,16,20H2,1-5H3;1,3-4H2,2H3;/q;-1;+1. The van der Waals surface area contributed by atoms with E-state index >= 15 is 0 Å². The molecule has 0 saturated carbocycles. The van der Waals surface area contributed by atoms with Crippen molar-refractivity contribution in [1.29, 1.82) is 0 Å². The van der Waals surface area contributed by atoms with Crippen molar-refractivity contribution in [2.24, 2.45) is 0 Å². The summed E-state index contributed by atoms with van der Waals surface area (Å²) in [4.78, 5) is 0. The molecule has 3 heteroatoms. The first kappa shape index (κ1) is 30.7. The predicted molar refractivity (Wildman–Crippen MR) is 129 cm³/mol. The molecule has 1 rings (SSSR count). The molecule has 0 aliphatic rings. The van der Waals surface area contributed by atoms with Crippen molar-refractivity contribution in [3.8, 4) is 11.8 Å². The molecule has 0 radical (unpaired) electrons. The molecule has 0 aliphatic carbocycles. The van der Waals surface area contributed by atoms with Gasteiger partial charge in [-0.3, -0.25) is 0 Å². The van der Waals surface area contributed by atoms with E-state index in [1.165, 1.54) is 44.9 Å². The van der Waals surface area contributed by atoms with Crippen molar-refractivity contribution in [1.82, 2.24) is 0 Å². The summed E-state index contributed by atoms with van der Waals surface area (Å²) in [6, 6.07) is 10.2. The first-order valence-electron chi connectivity index (χ1n) is 11.2. The zero-order valence-electron chi connectivity index (χ0n) is 20.6. The maximum absolute atomic E-state index is 6.22. The van der Waals surface area contributed by atoms with Crippen LogP contribution in [0, 0.1) is 18.8 Å². The second-order valence-electron chi connectivity index (χ2n) is 9.00. The van der Waals surface area contributed by atoms with E-state index in [-0.39, 0.29) is 18.9 Å². The van der Waals surface area contributed by atoms with Gasteiger partial charge in [0.1, 0.15) is 0 Å². The van der Waals surface area contributed by atoms with Crippen LogP contribution in [0.4, 0.5) is 0 Å². The Morgan fingerprint density at radius 3 is 1.97 bits per heavy atom. The fourth-order valence-corrected chi connectivity index (χ4v) is 3.34. The minimum absolute atomic E-state index is 0. The average Bonchev–Trinajstić information content (AvgIpc) is 2.66. The van der Waals surface area contributed by atoms with Gasteiger partial charge in [0.05, 0.1) is 0 Å². The predicted octanol–water partition coefficient (Wildman–Crippen LogP) is 5.42. The summed E-state index contributed by atoms with van der Waals surface area (Å²) in [6.45, 7) is 18.3. The second kappa shape index (κ2) is 18.3. The van der Waals surface area contributed by atoms with Gasteiger partial charge in [-0.2, -0.15) is 6.42 Å². The first-order chi connectivity index (χ1) is 13.2. The summed E-state index contributed by atoms with van der Waals surface area (Å²) in [5.41, 5.74) is 1.12. The van der Waals surface area contributed by atoms with Gasteiger partial charge in [0, 0.05) is 18.6 Å². The van der Waals surface area contributed by atoms with Crippen LogP contribution < -0.4 is 18.9 Å². The summed E-state index contributed by atoms with van der Waals surface area (Å²) in [5.74, 6) is 6.51. The average molecular weight is 409 g/mol. The fraction of sp³-hybridized carbons (Fsp3) is 0.654. The van der Waals surface area contributed by atoms with E-state index in [9.17, 15) is 0 Å². The topological polar surface area (TPSA) is 9.23 Å². The van der Waals surface area contributed by atoms with Gasteiger partial charge in [-0.25, -0.2) is 0 Å². The molecule has 0 bridgehead atoms. The smallest absolute Gasteiger partial charge is 0.417 e. The van der Waals surface area contributed by atoms with Crippen molar-refractivity contribution < 1.29 is 23.3 Å². The molecular formula is C26H45LiOSi. The van der Waals surface area contributed by atoms with Crippen molar-refractivity contribution >= 4 is 8.32 Å². The van der Waals surface area contributed by atoms with E-state index in [0.717, 1.165) is 25.0 Å². The molecular weight excluding hydrogens is 363 g/mol. The Bertz CT molecular complexity index is 535. The Morgan fingerprint density at radius 1 is 0.931 bits per heavy atom. The molecule has 1 aromatic carbocycles. The number of unbranched alkanes of at least 4 members (excludes halogenated alkanes) is 7. The van der Waals surface area contributed by atoms with Gasteiger partial charge in [0.2, 0.25) is 0 Å². The van der Waals surface area contributed by atoms with E-state index in [1.807, 2.05) is 18.2 Å². The third-order valence-corrected chi connectivity index (χ3v) is 9.86. The molecule has 0 amide bonds. The van der Waals surface area contributed by atoms with Gasteiger partial charge in [0.25, 0.3) is 0 Å². The van der Waals surface area contributed by atoms with Gasteiger partial charge in [-0.15, -0.1) is 0 Å². The summed E-state index contributed by atoms with van der Waals surface area (Å²) < 4.78 is 6.22. The number of hydrogen-bond acceptors (Lipinski definition) is 1. The fourth-order valence-electron chi connectivity index (χ4n) is 2.25. The van der Waals surface area contributed by atoms with Crippen LogP contribution in [0.5, 0.6) is 0 Å². The van der Waals surface area contributed by atoms with Crippen LogP contribution in [0.3, 0.4) is 0 Å². The van der Waals surface area contributed by atoms with E-state index in [0.29, 0.717) is 5.04 Å². The Kier molecular flexibility index (Phi) is 19.4. The normalized spacial score (nSPS) is 10.9. The summed E-state index contributed by atoms with van der Waals surface area (Å²) in [7, 11) is -1.54. The molecule has 29 heavy (non-hydrogen) atoms. The van der Waals surface area contributed by atoms with Crippen molar-refractivity contribution in [3.63, 3.8) is 0 Å². The largest absolute Gasteiger partial charge is 1.00 e. The van der Waals surface area contributed by atoms with Crippen LogP contribution in [0.1, 0.15) is 91.0 Å². The molecule has 160 valence electrons. The van der Waals surface area contributed by atoms with Gasteiger partial charge in [0.15, 0.2) is 8.32 Å². The number of hydrogen-bond donors (Lipinski definition) is 0. The van der Waals surface area contributed by atoms with Gasteiger partial charge in [-0.05, 0) is 43.1 Å². The molecule has 0 heterocycles. The summed E-state index contributed by atoms with van der Waals surface area (Å²) in [5, 5.41) is 0.327. The molecule has 0 aromatic heterocycles. The summed E-state index contributed by atoms with van der Waals surface area (Å²) >= 11 is 0. The van der Waals surface area contributed by atoms with E-state index < -0.39 is 8.32 Å². The maximum atomic E-state index is 6.22. The van der Waals surface area contributed by atoms with E-state index in [4.69, 9.17) is 4.43 Å². The van der Waals surface area contributed by atoms with Crippen LogP contribution in [0.2, 0.25) is 18.1 Å². The van der Waals surface area contributed by atoms with Crippen LogP contribution in [-0.4, -0.2) is 14.9 Å². The molecule has 0 N–H and O–H groups in total. The van der Waals surface area contributed by atoms with Gasteiger partial charge in [-0.1, -0.05) is 89.8 Å². The SMILES string of the molecule is CC(C)(C)[Si](C)(C)OCCCCCCCCC#Cc1ccccc1.[CH2-]CCC.[Li+]. The Hall–Kier alpha value is -0.446. The Balaban J connectivity index is 0. The van der Waals surface area contributed by atoms with Crippen molar-refractivity contribution in [2.45, 2.75) is 104 Å². The van der Waals surface area contributed by atoms with Crippen LogP contribution in [0.15, 0.2) is 30.3 Å². The minimum atomic E-state index is -1.54. The second-order valence-corrected chi connectivity index (χ2v) is 13.8. The molecule has 0 atom stereocenters. The Morgan fingerprint density at radius 2 is 1.45 bits per heavy atom. The maximum Gasteiger partial charge on any atom is 1.00 e. The molecule has 0 aliphatic heterocycles. The molecule has 0 spiro atoms. The quantitative estimate of drug-likeness (QED) is 0.217. The molecule has 1 nitrogen and oxygen atoms in total. The van der Waals surface area contributed by atoms with Gasteiger partial charge < -0.3 is 11.3 Å². The van der Waals surface area contributed by atoms with Crippen LogP contribution in [-0.2, 0) is 4.43 Å². The van der Waals surface area contributed by atoms with Crippen LogP contribution >= 0.6 is 0 Å². The van der Waals surface area contributed by atoms with E-state index in [1.54, 1.807) is 0 Å². The minimum Gasteiger partial charge on any atom is -0.417 e. The molecule has 1 aromatic rings. The van der Waals surface area contributed by atoms with Crippen molar-refractivity contribution in [3.05, 3.63) is 42.8 Å². The zero-order valence-corrected chi connectivity index (χ0v) is 21.6. The first-order valence-corrected chi connectivity index (χ1v) is 14.1. The molecule has 0 saturated heterocycles. The van der Waals surface area contributed by atoms with Crippen LogP contribution in [0.25, 0.3) is 0 Å². The van der Waals surface area contributed by atoms with E-state index in [2.05, 4.69) is 71.7 Å². The van der Waals surface area contributed by atoms with Gasteiger partial charge >= 0.3 is 18.9 Å². The molecule has 0 fully saturated rings. The number of rotatable bonds is 10. The number of benzene rings is 1. The monoisotopic (exact) mass is 408 g/mol. The van der Waals surface area contributed by atoms with Crippen molar-refractivity contribution in [2.75, 3.05) is 6.61 Å². The zero-order chi connectivity index (χ0) is 21.3. The summed E-state index contributed by atoms with van der Waals surface area (Å²) in [6.07, 6.45) is 11.0. The third-order valence-electron chi connectivity index (χ3n) is 5.33. The Labute approximate surface area is 196 Å². The third kappa shape index (κ3) is 17.0. The molecule has 0 unspecified atom stereocenters.